The van der Waals surface area contributed by atoms with Gasteiger partial charge in [-0.15, -0.1) is 0 Å². The van der Waals surface area contributed by atoms with E-state index >= 15 is 0 Å². The third kappa shape index (κ3) is 2.07. The largest absolute Gasteiger partial charge is 0.366 e. The Morgan fingerprint density at radius 2 is 1.93 bits per heavy atom. The van der Waals surface area contributed by atoms with Crippen LogP contribution in [0.4, 0.5) is 0 Å². The average Bonchev–Trinajstić information content (AvgIpc) is 2.64. The lowest BCUT2D eigenvalue weighted by molar-refractivity contribution is -0.188. The second-order valence-corrected chi connectivity index (χ2v) is 5.72. The minimum absolute atomic E-state index is 0.0529. The molecule has 1 heterocycles. The first-order chi connectivity index (χ1) is 7.10. The molecule has 0 aromatic carbocycles. The van der Waals surface area contributed by atoms with Gasteiger partial charge < -0.3 is 10.1 Å². The fourth-order valence-electron chi connectivity index (χ4n) is 3.11. The molecule has 88 valence electrons. The summed E-state index contributed by atoms with van der Waals surface area (Å²) < 4.78 is 6.51. The molecule has 0 aromatic rings. The van der Waals surface area contributed by atoms with Crippen LogP contribution in [0.15, 0.2) is 0 Å². The topological polar surface area (TPSA) is 21.3 Å². The first-order valence-corrected chi connectivity index (χ1v) is 6.51. The van der Waals surface area contributed by atoms with E-state index in [1.807, 2.05) is 0 Å². The fourth-order valence-corrected chi connectivity index (χ4v) is 3.11. The molecule has 2 rings (SSSR count). The minimum atomic E-state index is 0.0529. The zero-order valence-corrected chi connectivity index (χ0v) is 10.4. The highest BCUT2D eigenvalue weighted by Gasteiger charge is 2.46. The van der Waals surface area contributed by atoms with Gasteiger partial charge in [-0.1, -0.05) is 33.1 Å². The van der Waals surface area contributed by atoms with Crippen molar-refractivity contribution in [3.8, 4) is 0 Å². The second-order valence-electron chi connectivity index (χ2n) is 5.72. The first-order valence-electron chi connectivity index (χ1n) is 6.51. The van der Waals surface area contributed by atoms with E-state index in [0.717, 1.165) is 13.1 Å². The zero-order valence-electron chi connectivity index (χ0n) is 10.4. The van der Waals surface area contributed by atoms with E-state index in [-0.39, 0.29) is 11.2 Å². The fraction of sp³-hybridized carbons (Fsp3) is 1.00. The van der Waals surface area contributed by atoms with Gasteiger partial charge in [0.05, 0.1) is 11.2 Å². The highest BCUT2D eigenvalue weighted by atomic mass is 16.5. The van der Waals surface area contributed by atoms with E-state index in [4.69, 9.17) is 4.74 Å². The van der Waals surface area contributed by atoms with Gasteiger partial charge in [0.15, 0.2) is 0 Å². The quantitative estimate of drug-likeness (QED) is 0.758. The lowest BCUT2D eigenvalue weighted by atomic mass is 9.84. The maximum atomic E-state index is 6.51. The van der Waals surface area contributed by atoms with Crippen LogP contribution >= 0.6 is 0 Å². The van der Waals surface area contributed by atoms with Crippen molar-refractivity contribution in [2.45, 2.75) is 64.1 Å². The molecule has 1 saturated carbocycles. The van der Waals surface area contributed by atoms with Gasteiger partial charge in [0.1, 0.15) is 0 Å². The summed E-state index contributed by atoms with van der Waals surface area (Å²) in [6.45, 7) is 8.95. The number of nitrogens with one attached hydrogen (secondary N) is 1. The molecule has 2 unspecified atom stereocenters. The van der Waals surface area contributed by atoms with Crippen LogP contribution in [0.3, 0.4) is 0 Å². The predicted molar refractivity (Wildman–Crippen MR) is 63.0 cm³/mol. The number of ether oxygens (including phenoxy) is 1. The molecule has 1 N–H and O–H groups in total. The Hall–Kier alpha value is -0.0800. The number of rotatable bonds is 2. The van der Waals surface area contributed by atoms with E-state index in [2.05, 4.69) is 26.1 Å². The lowest BCUT2D eigenvalue weighted by Crippen LogP contribution is -2.60. The molecule has 1 aliphatic heterocycles. The monoisotopic (exact) mass is 211 g/mol. The van der Waals surface area contributed by atoms with E-state index in [0.29, 0.717) is 5.92 Å². The van der Waals surface area contributed by atoms with Crippen molar-refractivity contribution < 1.29 is 4.74 Å². The number of hydrogen-bond donors (Lipinski definition) is 1. The molecule has 0 amide bonds. The lowest BCUT2D eigenvalue weighted by Gasteiger charge is -2.48. The smallest absolute Gasteiger partial charge is 0.0814 e. The van der Waals surface area contributed by atoms with Crippen LogP contribution in [0.5, 0.6) is 0 Å². The summed E-state index contributed by atoms with van der Waals surface area (Å²) >= 11 is 0. The van der Waals surface area contributed by atoms with Crippen LogP contribution in [-0.4, -0.2) is 24.3 Å². The van der Waals surface area contributed by atoms with Gasteiger partial charge in [0.25, 0.3) is 0 Å². The molecule has 0 radical (unpaired) electrons. The highest BCUT2D eigenvalue weighted by molar-refractivity contribution is 4.98. The van der Waals surface area contributed by atoms with Crippen LogP contribution in [0.25, 0.3) is 0 Å². The van der Waals surface area contributed by atoms with Crippen molar-refractivity contribution >= 4 is 0 Å². The summed E-state index contributed by atoms with van der Waals surface area (Å²) in [6, 6.07) is 0. The molecular weight excluding hydrogens is 186 g/mol. The molecule has 0 aromatic heterocycles. The Kier molecular flexibility index (Phi) is 3.09. The Labute approximate surface area is 93.8 Å². The zero-order chi connectivity index (χ0) is 10.9. The van der Waals surface area contributed by atoms with E-state index in [1.54, 1.807) is 0 Å². The Bertz CT molecular complexity index is 223. The SMILES string of the molecule is CCC(C)C1(C)CNCC2(CCCC2)O1. The van der Waals surface area contributed by atoms with Crippen LogP contribution < -0.4 is 5.32 Å². The Morgan fingerprint density at radius 3 is 2.53 bits per heavy atom. The molecule has 15 heavy (non-hydrogen) atoms. The standard InChI is InChI=1S/C13H25NO/c1-4-11(2)12(3)9-14-10-13(15-12)7-5-6-8-13/h11,14H,4-10H2,1-3H3. The second kappa shape index (κ2) is 4.06. The van der Waals surface area contributed by atoms with Crippen LogP contribution in [0.1, 0.15) is 52.9 Å². The third-order valence-corrected chi connectivity index (χ3v) is 4.54. The van der Waals surface area contributed by atoms with Crippen molar-refractivity contribution in [2.75, 3.05) is 13.1 Å². The molecule has 2 atom stereocenters. The van der Waals surface area contributed by atoms with Gasteiger partial charge in [-0.25, -0.2) is 0 Å². The van der Waals surface area contributed by atoms with Crippen molar-refractivity contribution in [1.29, 1.82) is 0 Å². The molecule has 2 aliphatic rings. The molecular formula is C13H25NO. The maximum Gasteiger partial charge on any atom is 0.0814 e. The average molecular weight is 211 g/mol. The van der Waals surface area contributed by atoms with Crippen molar-refractivity contribution in [3.05, 3.63) is 0 Å². The van der Waals surface area contributed by atoms with Crippen LogP contribution in [0, 0.1) is 5.92 Å². The van der Waals surface area contributed by atoms with Gasteiger partial charge in [-0.05, 0) is 25.7 Å². The Balaban J connectivity index is 2.08. The summed E-state index contributed by atoms with van der Waals surface area (Å²) in [5.41, 5.74) is 0.230. The van der Waals surface area contributed by atoms with Gasteiger partial charge in [-0.3, -0.25) is 0 Å². The first kappa shape index (κ1) is 11.4. The summed E-state index contributed by atoms with van der Waals surface area (Å²) in [5, 5.41) is 3.60. The van der Waals surface area contributed by atoms with E-state index in [1.165, 1.54) is 32.1 Å². The normalized spacial score (nSPS) is 37.0. The minimum Gasteiger partial charge on any atom is -0.366 e. The maximum absolute atomic E-state index is 6.51. The van der Waals surface area contributed by atoms with Gasteiger partial charge in [0.2, 0.25) is 0 Å². The molecule has 0 bridgehead atoms. The Morgan fingerprint density at radius 1 is 1.27 bits per heavy atom. The summed E-state index contributed by atoms with van der Waals surface area (Å²) in [5.74, 6) is 0.641. The van der Waals surface area contributed by atoms with Crippen molar-refractivity contribution in [1.82, 2.24) is 5.32 Å². The molecule has 2 nitrogen and oxygen atoms in total. The van der Waals surface area contributed by atoms with Crippen LogP contribution in [-0.2, 0) is 4.74 Å². The predicted octanol–water partition coefficient (Wildman–Crippen LogP) is 2.72. The molecule has 2 fully saturated rings. The molecule has 1 aliphatic carbocycles. The molecule has 2 heteroatoms. The number of morpholine rings is 1. The summed E-state index contributed by atoms with van der Waals surface area (Å²) in [6.07, 6.45) is 6.41. The van der Waals surface area contributed by atoms with Crippen molar-refractivity contribution in [2.24, 2.45) is 5.92 Å². The number of hydrogen-bond acceptors (Lipinski definition) is 2. The van der Waals surface area contributed by atoms with E-state index < -0.39 is 0 Å². The van der Waals surface area contributed by atoms with Crippen molar-refractivity contribution in [3.63, 3.8) is 0 Å². The summed E-state index contributed by atoms with van der Waals surface area (Å²) in [4.78, 5) is 0. The van der Waals surface area contributed by atoms with E-state index in [9.17, 15) is 0 Å². The molecule has 1 saturated heterocycles. The van der Waals surface area contributed by atoms with Gasteiger partial charge >= 0.3 is 0 Å². The van der Waals surface area contributed by atoms with Gasteiger partial charge in [-0.2, -0.15) is 0 Å². The van der Waals surface area contributed by atoms with Crippen LogP contribution in [0.2, 0.25) is 0 Å². The molecule has 1 spiro atoms. The third-order valence-electron chi connectivity index (χ3n) is 4.54. The highest BCUT2D eigenvalue weighted by Crippen LogP contribution is 2.41. The van der Waals surface area contributed by atoms with Gasteiger partial charge in [0, 0.05) is 13.1 Å². The summed E-state index contributed by atoms with van der Waals surface area (Å²) in [7, 11) is 0.